The van der Waals surface area contributed by atoms with Crippen molar-refractivity contribution < 1.29 is 9.90 Å². The molecule has 0 amide bonds. The summed E-state index contributed by atoms with van der Waals surface area (Å²) in [6.07, 6.45) is 0. The Morgan fingerprint density at radius 2 is 1.52 bits per heavy atom. The zero-order valence-electron chi connectivity index (χ0n) is 10.6. The van der Waals surface area contributed by atoms with Gasteiger partial charge in [0.1, 0.15) is 0 Å². The maximum Gasteiger partial charge on any atom is 0.336 e. The molecular formula is C16H9Br3O2. The highest BCUT2D eigenvalue weighted by molar-refractivity contribution is 9.38. The summed E-state index contributed by atoms with van der Waals surface area (Å²) in [4.78, 5) is 11.8. The van der Waals surface area contributed by atoms with Crippen LogP contribution in [0, 0.1) is 0 Å². The third-order valence-electron chi connectivity index (χ3n) is 3.41. The van der Waals surface area contributed by atoms with Crippen LogP contribution >= 0.6 is 47.8 Å². The Morgan fingerprint density at radius 3 is 2.10 bits per heavy atom. The van der Waals surface area contributed by atoms with E-state index in [1.165, 1.54) is 0 Å². The first-order chi connectivity index (χ1) is 9.88. The van der Waals surface area contributed by atoms with E-state index in [1.54, 1.807) is 6.07 Å². The molecule has 106 valence electrons. The molecule has 0 saturated carbocycles. The van der Waals surface area contributed by atoms with Crippen molar-refractivity contribution in [3.05, 3.63) is 59.7 Å². The van der Waals surface area contributed by atoms with Crippen LogP contribution in [0.15, 0.2) is 48.5 Å². The van der Waals surface area contributed by atoms with Gasteiger partial charge in [-0.15, -0.1) is 0 Å². The Kier molecular flexibility index (Phi) is 3.84. The molecule has 0 atom stereocenters. The first kappa shape index (κ1) is 15.0. The second-order valence-electron chi connectivity index (χ2n) is 4.71. The largest absolute Gasteiger partial charge is 0.478 e. The maximum atomic E-state index is 11.8. The second kappa shape index (κ2) is 5.38. The number of hydrogen-bond donors (Lipinski definition) is 1. The number of aromatic carboxylic acids is 1. The van der Waals surface area contributed by atoms with Crippen LogP contribution in [-0.2, 0) is 2.14 Å². The molecule has 0 radical (unpaired) electrons. The van der Waals surface area contributed by atoms with Crippen LogP contribution in [0.3, 0.4) is 0 Å². The summed E-state index contributed by atoms with van der Waals surface area (Å²) in [5.41, 5.74) is 0.904. The van der Waals surface area contributed by atoms with Crippen LogP contribution in [0.25, 0.3) is 21.5 Å². The maximum absolute atomic E-state index is 11.8. The first-order valence-electron chi connectivity index (χ1n) is 6.14. The molecule has 0 saturated heterocycles. The topological polar surface area (TPSA) is 37.3 Å². The molecule has 3 aromatic carbocycles. The van der Waals surface area contributed by atoms with E-state index >= 15 is 0 Å². The fourth-order valence-corrected chi connectivity index (χ4v) is 3.47. The Hall–Kier alpha value is -0.910. The number of carboxylic acid groups (broad SMARTS) is 1. The molecule has 21 heavy (non-hydrogen) atoms. The normalized spacial score (nSPS) is 12.0. The van der Waals surface area contributed by atoms with Crippen LogP contribution in [0.2, 0.25) is 0 Å². The molecule has 0 aromatic heterocycles. The number of halogens is 3. The van der Waals surface area contributed by atoms with E-state index in [9.17, 15) is 9.90 Å². The summed E-state index contributed by atoms with van der Waals surface area (Å²) >= 11 is 10.2. The van der Waals surface area contributed by atoms with Crippen LogP contribution in [0.4, 0.5) is 0 Å². The quantitative estimate of drug-likeness (QED) is 0.349. The summed E-state index contributed by atoms with van der Waals surface area (Å²) in [5.74, 6) is -0.950. The number of rotatable bonds is 1. The minimum atomic E-state index is -0.950. The van der Waals surface area contributed by atoms with Crippen molar-refractivity contribution >= 4 is 75.3 Å². The fourth-order valence-electron chi connectivity index (χ4n) is 2.48. The van der Waals surface area contributed by atoms with Gasteiger partial charge in [0.2, 0.25) is 0 Å². The molecular weight excluding hydrogens is 464 g/mol. The summed E-state index contributed by atoms with van der Waals surface area (Å²) in [7, 11) is 0. The van der Waals surface area contributed by atoms with E-state index in [0.717, 1.165) is 21.5 Å². The first-order valence-corrected chi connectivity index (χ1v) is 8.52. The molecule has 0 fully saturated rings. The van der Waals surface area contributed by atoms with Gasteiger partial charge in [-0.3, -0.25) is 0 Å². The Labute approximate surface area is 146 Å². The summed E-state index contributed by atoms with van der Waals surface area (Å²) in [6.45, 7) is 0. The number of alkyl halides is 3. The molecule has 0 aliphatic carbocycles. The average molecular weight is 473 g/mol. The van der Waals surface area contributed by atoms with E-state index in [4.69, 9.17) is 0 Å². The lowest BCUT2D eigenvalue weighted by atomic mass is 9.96. The van der Waals surface area contributed by atoms with E-state index < -0.39 is 8.11 Å². The van der Waals surface area contributed by atoms with Gasteiger partial charge in [-0.05, 0) is 33.7 Å². The van der Waals surface area contributed by atoms with Crippen LogP contribution in [0.5, 0.6) is 0 Å². The van der Waals surface area contributed by atoms with Gasteiger partial charge in [-0.25, -0.2) is 4.79 Å². The van der Waals surface area contributed by atoms with Gasteiger partial charge in [-0.1, -0.05) is 84.2 Å². The number of hydrogen-bond acceptors (Lipinski definition) is 1. The van der Waals surface area contributed by atoms with Crippen molar-refractivity contribution in [3.8, 4) is 0 Å². The van der Waals surface area contributed by atoms with Gasteiger partial charge in [0.25, 0.3) is 0 Å². The lowest BCUT2D eigenvalue weighted by Gasteiger charge is -2.17. The van der Waals surface area contributed by atoms with Crippen molar-refractivity contribution in [3.63, 3.8) is 0 Å². The van der Waals surface area contributed by atoms with Gasteiger partial charge in [0, 0.05) is 5.56 Å². The number of fused-ring (bicyclic) bond motifs is 2. The molecule has 0 spiro atoms. The Balaban J connectivity index is 2.47. The zero-order chi connectivity index (χ0) is 15.2. The standard InChI is InChI=1S/C16H9Br3O2/c17-16(18,19)13-6-5-11-7-9-3-1-2-4-10(9)8-12(11)14(13)15(20)21/h1-8H,(H,20,21). The lowest BCUT2D eigenvalue weighted by Crippen LogP contribution is -2.09. The highest BCUT2D eigenvalue weighted by Crippen LogP contribution is 2.47. The van der Waals surface area contributed by atoms with E-state index in [2.05, 4.69) is 47.8 Å². The molecule has 0 heterocycles. The smallest absolute Gasteiger partial charge is 0.336 e. The molecule has 5 heteroatoms. The SMILES string of the molecule is O=C(O)c1c(C(Br)(Br)Br)ccc2cc3ccccc3cc12. The minimum Gasteiger partial charge on any atom is -0.478 e. The van der Waals surface area contributed by atoms with Gasteiger partial charge in [0.15, 0.2) is 2.14 Å². The Bertz CT molecular complexity index is 866. The second-order valence-corrected chi connectivity index (χ2v) is 11.5. The average Bonchev–Trinajstić information content (AvgIpc) is 2.42. The molecule has 0 aliphatic rings. The zero-order valence-corrected chi connectivity index (χ0v) is 15.4. The highest BCUT2D eigenvalue weighted by Gasteiger charge is 2.28. The van der Waals surface area contributed by atoms with Crippen molar-refractivity contribution in [2.24, 2.45) is 0 Å². The predicted molar refractivity (Wildman–Crippen MR) is 96.9 cm³/mol. The third kappa shape index (κ3) is 2.74. The molecule has 2 nitrogen and oxygen atoms in total. The van der Waals surface area contributed by atoms with Crippen LogP contribution < -0.4 is 0 Å². The Morgan fingerprint density at radius 1 is 0.905 bits per heavy atom. The van der Waals surface area contributed by atoms with Crippen molar-refractivity contribution in [1.29, 1.82) is 0 Å². The highest BCUT2D eigenvalue weighted by atomic mass is 80.0. The third-order valence-corrected chi connectivity index (χ3v) is 4.69. The molecule has 0 unspecified atom stereocenters. The van der Waals surface area contributed by atoms with Crippen LogP contribution in [-0.4, -0.2) is 11.1 Å². The van der Waals surface area contributed by atoms with Gasteiger partial charge >= 0.3 is 5.97 Å². The van der Waals surface area contributed by atoms with Crippen LogP contribution in [0.1, 0.15) is 15.9 Å². The lowest BCUT2D eigenvalue weighted by molar-refractivity contribution is 0.0698. The summed E-state index contributed by atoms with van der Waals surface area (Å²) in [6, 6.07) is 15.6. The van der Waals surface area contributed by atoms with E-state index in [0.29, 0.717) is 5.56 Å². The van der Waals surface area contributed by atoms with Crippen molar-refractivity contribution in [2.75, 3.05) is 0 Å². The predicted octanol–water partition coefficient (Wildman–Crippen LogP) is 5.99. The molecule has 0 bridgehead atoms. The van der Waals surface area contributed by atoms with Crippen molar-refractivity contribution in [2.45, 2.75) is 2.14 Å². The van der Waals surface area contributed by atoms with Crippen molar-refractivity contribution in [1.82, 2.24) is 0 Å². The summed E-state index contributed by atoms with van der Waals surface area (Å²) < 4.78 is -0.763. The van der Waals surface area contributed by atoms with Gasteiger partial charge in [0.05, 0.1) is 5.56 Å². The molecule has 3 rings (SSSR count). The number of carbonyl (C=O) groups is 1. The fraction of sp³-hybridized carbons (Fsp3) is 0.0625. The monoisotopic (exact) mass is 470 g/mol. The summed E-state index contributed by atoms with van der Waals surface area (Å²) in [5, 5.41) is 13.4. The van der Waals surface area contributed by atoms with E-state index in [-0.39, 0.29) is 5.56 Å². The molecule has 1 N–H and O–H groups in total. The van der Waals surface area contributed by atoms with E-state index in [1.807, 2.05) is 42.5 Å². The number of benzene rings is 3. The number of carboxylic acids is 1. The van der Waals surface area contributed by atoms with Gasteiger partial charge in [-0.2, -0.15) is 0 Å². The molecule has 3 aromatic rings. The molecule has 0 aliphatic heterocycles. The van der Waals surface area contributed by atoms with Gasteiger partial charge < -0.3 is 5.11 Å². The minimum absolute atomic E-state index is 0.281.